The van der Waals surface area contributed by atoms with Crippen molar-refractivity contribution >= 4 is 11.7 Å². The summed E-state index contributed by atoms with van der Waals surface area (Å²) in [5, 5.41) is 69.3. The highest BCUT2D eigenvalue weighted by atomic mass is 16.3. The van der Waals surface area contributed by atoms with Crippen molar-refractivity contribution in [2.75, 3.05) is 19.7 Å². The molecule has 3 aliphatic carbocycles. The van der Waals surface area contributed by atoms with Crippen molar-refractivity contribution in [1.82, 2.24) is 16.0 Å². The Balaban J connectivity index is 1.22. The second kappa shape index (κ2) is 23.5. The van der Waals surface area contributed by atoms with Gasteiger partial charge in [0.25, 0.3) is 0 Å². The molecule has 3 saturated carbocycles. The molecule has 0 radical (unpaired) electrons. The normalized spacial score (nSPS) is 32.6. The van der Waals surface area contributed by atoms with Crippen LogP contribution in [0.4, 0.5) is 0 Å². The van der Waals surface area contributed by atoms with Crippen LogP contribution in [0.15, 0.2) is 101 Å². The fraction of sp³-hybridized carbons (Fsp3) is 0.586. The van der Waals surface area contributed by atoms with Crippen LogP contribution in [-0.4, -0.2) is 86.9 Å². The lowest BCUT2D eigenvalue weighted by Gasteiger charge is -2.56. The molecule has 11 heteroatoms. The quantitative estimate of drug-likeness (QED) is 0.0857. The number of nitrogens with two attached hydrogens (primary N) is 1. The fourth-order valence-electron chi connectivity index (χ4n) is 12.8. The van der Waals surface area contributed by atoms with E-state index in [-0.39, 0.29) is 37.3 Å². The van der Waals surface area contributed by atoms with Gasteiger partial charge in [0.05, 0.1) is 30.5 Å². The van der Waals surface area contributed by atoms with Gasteiger partial charge in [-0.15, -0.1) is 0 Å². The molecule has 1 amide bonds. The number of hydrogen-bond donors (Lipinski definition) is 9. The Morgan fingerprint density at radius 1 is 0.957 bits per heavy atom. The van der Waals surface area contributed by atoms with Gasteiger partial charge < -0.3 is 41.9 Å². The van der Waals surface area contributed by atoms with Crippen LogP contribution in [0.1, 0.15) is 151 Å². The van der Waals surface area contributed by atoms with Crippen molar-refractivity contribution in [2.24, 2.45) is 28.9 Å². The highest BCUT2D eigenvalue weighted by molar-refractivity contribution is 5.98. The summed E-state index contributed by atoms with van der Waals surface area (Å²) in [6.07, 6.45) is 16.0. The van der Waals surface area contributed by atoms with Crippen molar-refractivity contribution in [3.8, 4) is 0 Å². The highest BCUT2D eigenvalue weighted by Gasteiger charge is 2.64. The third-order valence-electron chi connectivity index (χ3n) is 16.8. The number of amides is 1. The average molecular weight is 947 g/mol. The molecule has 3 fully saturated rings. The third-order valence-corrected chi connectivity index (χ3v) is 16.8. The number of carbonyl (C=O) groups excluding carboxylic acids is 2. The Labute approximate surface area is 411 Å². The topological polar surface area (TPSA) is 197 Å². The summed E-state index contributed by atoms with van der Waals surface area (Å²) in [5.41, 5.74) is 12.4. The van der Waals surface area contributed by atoms with Gasteiger partial charge in [0.15, 0.2) is 5.78 Å². The second-order valence-corrected chi connectivity index (χ2v) is 21.7. The van der Waals surface area contributed by atoms with Crippen LogP contribution in [0.25, 0.3) is 0 Å². The summed E-state index contributed by atoms with van der Waals surface area (Å²) in [7, 11) is 0. The Kier molecular flexibility index (Phi) is 17.9. The van der Waals surface area contributed by atoms with E-state index in [2.05, 4.69) is 48.5 Å². The van der Waals surface area contributed by atoms with E-state index < -0.39 is 53.4 Å². The number of nitrogens with one attached hydrogen (secondary N) is 3. The number of aliphatic hydroxyl groups excluding tert-OH is 4. The SMILES string of the molecule is C=C(/C=C/C=C(/CO)[C@H]1CC[C@@]2([C@@H]3CC[C@H](O)Cc4cccc(c4)CC[C@@H](O)CN[C@H]4C(=O)N[C@@H](N)c5cccc(c54)CC(=O)/C(C)=C/3CC[C@@]2(C)O)[C@@H]1O)[C@H](CC=C(C)C)NCC1CCCCC1. The molecule has 69 heavy (non-hydrogen) atoms. The summed E-state index contributed by atoms with van der Waals surface area (Å²) in [6.45, 7) is 13.2. The van der Waals surface area contributed by atoms with E-state index in [0.717, 1.165) is 35.2 Å². The first-order valence-electron chi connectivity index (χ1n) is 26.0. The molecular formula is C58H82N4O7. The smallest absolute Gasteiger partial charge is 0.243 e. The number of β-amino-alcohol motifs (C(OH)–C–C–N with tert-alkyl or cyclic N) is 1. The van der Waals surface area contributed by atoms with Crippen molar-refractivity contribution in [1.29, 1.82) is 0 Å². The van der Waals surface area contributed by atoms with E-state index in [1.165, 1.54) is 37.7 Å². The maximum Gasteiger partial charge on any atom is 0.243 e. The summed E-state index contributed by atoms with van der Waals surface area (Å²) in [5.74, 6) is -0.698. The molecule has 5 aliphatic rings. The number of fused-ring (bicyclic) bond motifs is 4. The molecule has 7 rings (SSSR count). The van der Waals surface area contributed by atoms with Gasteiger partial charge in [-0.1, -0.05) is 104 Å². The predicted octanol–water partition coefficient (Wildman–Crippen LogP) is 7.37. The number of allylic oxidation sites excluding steroid dienone is 5. The zero-order chi connectivity index (χ0) is 49.5. The number of aryl methyl sites for hydroxylation is 1. The van der Waals surface area contributed by atoms with E-state index >= 15 is 0 Å². The number of aliphatic hydroxyl groups is 5. The lowest BCUT2D eigenvalue weighted by Crippen LogP contribution is -2.59. The minimum atomic E-state index is -1.33. The first-order valence-corrected chi connectivity index (χ1v) is 26.0. The van der Waals surface area contributed by atoms with E-state index in [4.69, 9.17) is 5.73 Å². The monoisotopic (exact) mass is 947 g/mol. The van der Waals surface area contributed by atoms with E-state index in [1.807, 2.05) is 68.5 Å². The van der Waals surface area contributed by atoms with Crippen LogP contribution < -0.4 is 21.7 Å². The zero-order valence-electron chi connectivity index (χ0n) is 41.8. The zero-order valence-corrected chi connectivity index (χ0v) is 41.8. The van der Waals surface area contributed by atoms with Gasteiger partial charge in [0.2, 0.25) is 5.91 Å². The van der Waals surface area contributed by atoms with Crippen LogP contribution in [0.5, 0.6) is 0 Å². The van der Waals surface area contributed by atoms with Gasteiger partial charge in [-0.25, -0.2) is 0 Å². The molecular weight excluding hydrogens is 865 g/mol. The maximum absolute atomic E-state index is 14.8. The number of benzene rings is 2. The van der Waals surface area contributed by atoms with Crippen molar-refractivity contribution < 1.29 is 35.1 Å². The minimum Gasteiger partial charge on any atom is -0.393 e. The lowest BCUT2D eigenvalue weighted by atomic mass is 9.52. The third kappa shape index (κ3) is 12.2. The molecule has 10 atom stereocenters. The van der Waals surface area contributed by atoms with Gasteiger partial charge in [-0.3, -0.25) is 14.9 Å². The molecule has 0 unspecified atom stereocenters. The van der Waals surface area contributed by atoms with Crippen LogP contribution in [0, 0.1) is 23.2 Å². The summed E-state index contributed by atoms with van der Waals surface area (Å²) < 4.78 is 0. The summed E-state index contributed by atoms with van der Waals surface area (Å²) >= 11 is 0. The maximum atomic E-state index is 14.8. The van der Waals surface area contributed by atoms with Gasteiger partial charge in [-0.05, 0) is 168 Å². The number of carbonyl (C=O) groups is 2. The Bertz CT molecular complexity index is 2270. The molecule has 2 heterocycles. The lowest BCUT2D eigenvalue weighted by molar-refractivity contribution is -0.168. The molecule has 10 N–H and O–H groups in total. The van der Waals surface area contributed by atoms with Gasteiger partial charge >= 0.3 is 0 Å². The molecule has 1 spiro atoms. The van der Waals surface area contributed by atoms with Crippen molar-refractivity contribution in [3.05, 3.63) is 129 Å². The Morgan fingerprint density at radius 3 is 2.46 bits per heavy atom. The van der Waals surface area contributed by atoms with Gasteiger partial charge in [0.1, 0.15) is 12.2 Å². The van der Waals surface area contributed by atoms with Gasteiger partial charge in [0, 0.05) is 30.3 Å². The predicted molar refractivity (Wildman–Crippen MR) is 274 cm³/mol. The highest BCUT2D eigenvalue weighted by Crippen LogP contribution is 2.63. The standard InChI is InChI=1S/C58H82N4O7/c1-36(2)20-25-50(60-33-40-13-7-6-8-14-40)37(3)12-9-18-43(35-63)47-27-29-58(54(47)67)49-24-23-44(64)31-41-16-10-15-39(30-41)21-22-45(65)34-61-53-52-42(17-11-19-48(52)55(59)62-56(53)68)32-51(66)38(4)46(49)26-28-57(58,5)69/h9-12,15-20,30,40,44-45,47,49-50,53-55,60-61,63-65,67,69H,3,6-8,13-14,21-29,31-35,59H2,1-2,4-5H3,(H,62,68)/b12-9+,43-18-,46-38+/t44-,45+,47+,49+,50-,53+,54+,55+,57+,58+/m0/s1. The molecule has 2 aromatic carbocycles. The van der Waals surface area contributed by atoms with Crippen LogP contribution in [-0.2, 0) is 28.9 Å². The molecule has 376 valence electrons. The first kappa shape index (κ1) is 52.8. The number of hydrogen-bond acceptors (Lipinski definition) is 10. The molecule has 11 nitrogen and oxygen atoms in total. The van der Waals surface area contributed by atoms with Crippen LogP contribution in [0.3, 0.4) is 0 Å². The summed E-state index contributed by atoms with van der Waals surface area (Å²) in [4.78, 5) is 28.4. The largest absolute Gasteiger partial charge is 0.393 e. The van der Waals surface area contributed by atoms with Crippen LogP contribution in [0.2, 0.25) is 0 Å². The number of Topliss-reactive ketones (excluding diaryl/α,β-unsaturated/α-hetero) is 1. The van der Waals surface area contributed by atoms with Gasteiger partial charge in [-0.2, -0.15) is 0 Å². The Hall–Kier alpha value is -4.04. The van der Waals surface area contributed by atoms with Crippen molar-refractivity contribution in [2.45, 2.75) is 173 Å². The molecule has 0 aromatic heterocycles. The second-order valence-electron chi connectivity index (χ2n) is 21.7. The summed E-state index contributed by atoms with van der Waals surface area (Å²) in [6, 6.07) is 12.9. The fourth-order valence-corrected chi connectivity index (χ4v) is 12.8. The molecule has 2 aromatic rings. The van der Waals surface area contributed by atoms with E-state index in [1.54, 1.807) is 0 Å². The molecule has 2 bridgehead atoms. The number of ketones is 1. The number of rotatable bonds is 10. The molecule has 2 aliphatic heterocycles. The first-order chi connectivity index (χ1) is 33.0. The molecule has 0 saturated heterocycles. The van der Waals surface area contributed by atoms with E-state index in [9.17, 15) is 35.1 Å². The van der Waals surface area contributed by atoms with E-state index in [0.29, 0.717) is 91.5 Å². The Morgan fingerprint density at radius 2 is 1.71 bits per heavy atom. The van der Waals surface area contributed by atoms with Crippen molar-refractivity contribution in [3.63, 3.8) is 0 Å². The average Bonchev–Trinajstić information content (AvgIpc) is 3.67. The van der Waals surface area contributed by atoms with Crippen LogP contribution >= 0.6 is 0 Å². The minimum absolute atomic E-state index is 0.00186.